The van der Waals surface area contributed by atoms with E-state index in [-0.39, 0.29) is 31.0 Å². The molecule has 0 saturated carbocycles. The fraction of sp³-hybridized carbons (Fsp3) is 0.179. The standard InChI is InChI=1S/C39H33BrF2N2O4/c40-31-18-10-26(11-19-31)24-39(38(46)43-25-33-34(41)8-4-9-35(33)42)36(29-14-12-28(13-15-29)27-6-2-1-3-7-27)48-37(44-39)30-16-20-32(21-17-30)47-23-5-22-45/h1-4,6-21,36,45H,5,22-25H2,(H,43,46)/t36-,39-/m1/s1. The predicted molar refractivity (Wildman–Crippen MR) is 185 cm³/mol. The third kappa shape index (κ3) is 7.32. The van der Waals surface area contributed by atoms with Gasteiger partial charge >= 0.3 is 0 Å². The Kier molecular flexibility index (Phi) is 10.3. The maximum Gasteiger partial charge on any atom is 0.252 e. The Labute approximate surface area is 286 Å². The number of hydrogen-bond acceptors (Lipinski definition) is 5. The third-order valence-corrected chi connectivity index (χ3v) is 8.75. The minimum atomic E-state index is -1.55. The lowest BCUT2D eigenvalue weighted by atomic mass is 9.81. The molecule has 0 fully saturated rings. The summed E-state index contributed by atoms with van der Waals surface area (Å²) in [6, 6.07) is 36.0. The van der Waals surface area contributed by atoms with Gasteiger partial charge in [-0.05, 0) is 70.8 Å². The number of hydrogen-bond donors (Lipinski definition) is 2. The molecule has 2 atom stereocenters. The summed E-state index contributed by atoms with van der Waals surface area (Å²) < 4.78 is 42.4. The van der Waals surface area contributed by atoms with Crippen molar-refractivity contribution in [2.24, 2.45) is 4.99 Å². The monoisotopic (exact) mass is 710 g/mol. The van der Waals surface area contributed by atoms with Gasteiger partial charge in [-0.15, -0.1) is 0 Å². The fourth-order valence-electron chi connectivity index (χ4n) is 5.70. The average molecular weight is 712 g/mol. The van der Waals surface area contributed by atoms with E-state index in [0.717, 1.165) is 33.3 Å². The van der Waals surface area contributed by atoms with Crippen LogP contribution in [-0.2, 0) is 22.5 Å². The molecule has 0 unspecified atom stereocenters. The van der Waals surface area contributed by atoms with E-state index in [0.29, 0.717) is 29.9 Å². The van der Waals surface area contributed by atoms with E-state index in [1.54, 1.807) is 24.3 Å². The second-order valence-electron chi connectivity index (χ2n) is 11.5. The number of aliphatic hydroxyl groups is 1. The molecule has 1 aliphatic heterocycles. The number of halogens is 3. The molecule has 1 heterocycles. The summed E-state index contributed by atoms with van der Waals surface area (Å²) in [4.78, 5) is 19.5. The van der Waals surface area contributed by atoms with Crippen LogP contribution in [0.3, 0.4) is 0 Å². The summed E-state index contributed by atoms with van der Waals surface area (Å²) in [5.41, 5.74) is 2.40. The van der Waals surface area contributed by atoms with E-state index in [1.165, 1.54) is 6.07 Å². The first-order chi connectivity index (χ1) is 23.4. The van der Waals surface area contributed by atoms with Gasteiger partial charge in [0.25, 0.3) is 5.91 Å². The maximum atomic E-state index is 14.6. The number of amides is 1. The number of benzene rings is 5. The van der Waals surface area contributed by atoms with Crippen LogP contribution in [0.1, 0.15) is 34.8 Å². The Morgan fingerprint density at radius 2 is 1.48 bits per heavy atom. The zero-order valence-electron chi connectivity index (χ0n) is 25.9. The number of aliphatic imine (C=N–C) groups is 1. The number of nitrogens with zero attached hydrogens (tertiary/aromatic N) is 1. The molecule has 0 bridgehead atoms. The van der Waals surface area contributed by atoms with Crippen molar-refractivity contribution < 1.29 is 28.2 Å². The zero-order valence-corrected chi connectivity index (χ0v) is 27.5. The van der Waals surface area contributed by atoms with Gasteiger partial charge in [0.1, 0.15) is 17.4 Å². The summed E-state index contributed by atoms with van der Waals surface area (Å²) >= 11 is 3.48. The van der Waals surface area contributed by atoms with Crippen LogP contribution in [0, 0.1) is 11.6 Å². The highest BCUT2D eigenvalue weighted by molar-refractivity contribution is 9.10. The summed E-state index contributed by atoms with van der Waals surface area (Å²) in [6.07, 6.45) is -0.234. The molecule has 5 aromatic rings. The molecule has 5 aromatic carbocycles. The molecular weight excluding hydrogens is 678 g/mol. The van der Waals surface area contributed by atoms with Crippen LogP contribution in [0.15, 0.2) is 131 Å². The Morgan fingerprint density at radius 3 is 2.15 bits per heavy atom. The number of rotatable bonds is 12. The van der Waals surface area contributed by atoms with Gasteiger partial charge in [0.2, 0.25) is 5.90 Å². The Morgan fingerprint density at radius 1 is 0.833 bits per heavy atom. The highest BCUT2D eigenvalue weighted by Crippen LogP contribution is 2.43. The van der Waals surface area contributed by atoms with Crippen molar-refractivity contribution in [1.29, 1.82) is 0 Å². The van der Waals surface area contributed by atoms with Gasteiger partial charge < -0.3 is 19.9 Å². The zero-order chi connectivity index (χ0) is 33.5. The largest absolute Gasteiger partial charge is 0.494 e. The fourth-order valence-corrected chi connectivity index (χ4v) is 5.96. The molecule has 0 aromatic heterocycles. The Balaban J connectivity index is 1.41. The molecule has 6 rings (SSSR count). The number of ether oxygens (including phenoxy) is 2. The quantitative estimate of drug-likeness (QED) is 0.129. The topological polar surface area (TPSA) is 80.2 Å². The van der Waals surface area contributed by atoms with Crippen LogP contribution in [0.4, 0.5) is 8.78 Å². The molecule has 0 saturated heterocycles. The molecule has 6 nitrogen and oxygen atoms in total. The van der Waals surface area contributed by atoms with Crippen molar-refractivity contribution in [2.75, 3.05) is 13.2 Å². The van der Waals surface area contributed by atoms with Crippen molar-refractivity contribution in [3.63, 3.8) is 0 Å². The summed E-state index contributed by atoms with van der Waals surface area (Å²) in [5, 5.41) is 11.9. The third-order valence-electron chi connectivity index (χ3n) is 8.22. The summed E-state index contributed by atoms with van der Waals surface area (Å²) in [6.45, 7) is 0.0275. The van der Waals surface area contributed by atoms with Crippen molar-refractivity contribution in [3.05, 3.63) is 160 Å². The number of carbonyl (C=O) groups is 1. The molecular formula is C39H33BrF2N2O4. The Bertz CT molecular complexity index is 1870. The van der Waals surface area contributed by atoms with E-state index >= 15 is 0 Å². The van der Waals surface area contributed by atoms with Crippen LogP contribution in [0.25, 0.3) is 11.1 Å². The first-order valence-electron chi connectivity index (χ1n) is 15.6. The van der Waals surface area contributed by atoms with Gasteiger partial charge in [-0.2, -0.15) is 0 Å². The van der Waals surface area contributed by atoms with Crippen LogP contribution in [-0.4, -0.2) is 35.7 Å². The molecule has 0 aliphatic carbocycles. The lowest BCUT2D eigenvalue weighted by Gasteiger charge is -2.31. The minimum Gasteiger partial charge on any atom is -0.494 e. The van der Waals surface area contributed by atoms with Crippen molar-refractivity contribution in [3.8, 4) is 16.9 Å². The molecule has 1 amide bonds. The van der Waals surface area contributed by atoms with Crippen LogP contribution < -0.4 is 10.1 Å². The van der Waals surface area contributed by atoms with Gasteiger partial charge in [-0.1, -0.05) is 88.7 Å². The van der Waals surface area contributed by atoms with E-state index < -0.39 is 29.2 Å². The molecule has 9 heteroatoms. The molecule has 2 N–H and O–H groups in total. The van der Waals surface area contributed by atoms with Gasteiger partial charge in [0.05, 0.1) is 6.61 Å². The Hall–Kier alpha value is -4.86. The van der Waals surface area contributed by atoms with Crippen LogP contribution in [0.5, 0.6) is 5.75 Å². The maximum absolute atomic E-state index is 14.6. The van der Waals surface area contributed by atoms with Crippen LogP contribution >= 0.6 is 15.9 Å². The summed E-state index contributed by atoms with van der Waals surface area (Å²) in [7, 11) is 0. The average Bonchev–Trinajstić information content (AvgIpc) is 3.50. The first kappa shape index (κ1) is 33.1. The number of carbonyl (C=O) groups excluding carboxylic acids is 1. The second-order valence-corrected chi connectivity index (χ2v) is 12.4. The van der Waals surface area contributed by atoms with Crippen molar-refractivity contribution >= 4 is 27.7 Å². The van der Waals surface area contributed by atoms with Gasteiger partial charge in [0.15, 0.2) is 11.6 Å². The molecule has 0 radical (unpaired) electrons. The summed E-state index contributed by atoms with van der Waals surface area (Å²) in [5.74, 6) is -1.18. The van der Waals surface area contributed by atoms with E-state index in [9.17, 15) is 13.6 Å². The van der Waals surface area contributed by atoms with E-state index in [2.05, 4.69) is 21.2 Å². The van der Waals surface area contributed by atoms with Gasteiger partial charge in [0, 0.05) is 41.6 Å². The minimum absolute atomic E-state index is 0.0303. The molecule has 0 spiro atoms. The lowest BCUT2D eigenvalue weighted by molar-refractivity contribution is -0.129. The SMILES string of the molecule is O=C(NCc1c(F)cccc1F)[C@]1(Cc2ccc(Br)cc2)N=C(c2ccc(OCCCO)cc2)O[C@@H]1c1ccc(-c2ccccc2)cc1. The van der Waals surface area contributed by atoms with Crippen molar-refractivity contribution in [2.45, 2.75) is 31.0 Å². The number of nitrogens with one attached hydrogen (secondary N) is 1. The van der Waals surface area contributed by atoms with E-state index in [1.807, 2.05) is 78.9 Å². The van der Waals surface area contributed by atoms with E-state index in [4.69, 9.17) is 19.6 Å². The molecule has 1 aliphatic rings. The highest BCUT2D eigenvalue weighted by atomic mass is 79.9. The van der Waals surface area contributed by atoms with Gasteiger partial charge in [-0.3, -0.25) is 4.79 Å². The first-order valence-corrected chi connectivity index (χ1v) is 16.4. The molecule has 244 valence electrons. The van der Waals surface area contributed by atoms with Crippen molar-refractivity contribution in [1.82, 2.24) is 5.32 Å². The molecule has 48 heavy (non-hydrogen) atoms. The van der Waals surface area contributed by atoms with Gasteiger partial charge in [-0.25, -0.2) is 13.8 Å². The smallest absolute Gasteiger partial charge is 0.252 e. The second kappa shape index (κ2) is 14.9. The highest BCUT2D eigenvalue weighted by Gasteiger charge is 2.53. The number of aliphatic hydroxyl groups excluding tert-OH is 1. The van der Waals surface area contributed by atoms with Crippen LogP contribution in [0.2, 0.25) is 0 Å². The normalized spacial score (nSPS) is 17.0. The lowest BCUT2D eigenvalue weighted by Crippen LogP contribution is -2.49. The predicted octanol–water partition coefficient (Wildman–Crippen LogP) is 7.97.